The Morgan fingerprint density at radius 1 is 1.48 bits per heavy atom. The van der Waals surface area contributed by atoms with Gasteiger partial charge in [-0.3, -0.25) is 10.1 Å². The molecule has 0 unspecified atom stereocenters. The van der Waals surface area contributed by atoms with Crippen LogP contribution >= 0.6 is 11.3 Å². The molecule has 8 heteroatoms. The summed E-state index contributed by atoms with van der Waals surface area (Å²) in [5.74, 6) is 0. The Morgan fingerprint density at radius 3 is 2.90 bits per heavy atom. The fourth-order valence-electron chi connectivity index (χ4n) is 1.77. The number of nitrogens with one attached hydrogen (secondary N) is 2. The maximum absolute atomic E-state index is 11.7. The molecule has 1 heterocycles. The number of carbonyl (C=O) groups is 1. The van der Waals surface area contributed by atoms with Crippen LogP contribution in [0.2, 0.25) is 0 Å². The Kier molecular flexibility index (Phi) is 4.83. The molecule has 0 fully saturated rings. The first-order chi connectivity index (χ1) is 10.1. The molecule has 0 radical (unpaired) electrons. The van der Waals surface area contributed by atoms with Gasteiger partial charge in [-0.1, -0.05) is 0 Å². The number of urea groups is 1. The SMILES string of the molecule is Cc1cc(NC(=O)NCCc2nccs2)ccc1[N+](=O)[O-]. The lowest BCUT2D eigenvalue weighted by Crippen LogP contribution is -2.30. The summed E-state index contributed by atoms with van der Waals surface area (Å²) in [4.78, 5) is 26.1. The number of aromatic nitrogens is 1. The van der Waals surface area contributed by atoms with Crippen LogP contribution in [0.25, 0.3) is 0 Å². The molecule has 2 amide bonds. The Hall–Kier alpha value is -2.48. The zero-order valence-corrected chi connectivity index (χ0v) is 12.1. The minimum absolute atomic E-state index is 0.0322. The first-order valence-corrected chi connectivity index (χ1v) is 7.12. The summed E-state index contributed by atoms with van der Waals surface area (Å²) in [6.45, 7) is 2.11. The number of nitro groups is 1. The van der Waals surface area contributed by atoms with Crippen LogP contribution in [0.4, 0.5) is 16.2 Å². The van der Waals surface area contributed by atoms with Gasteiger partial charge in [0.25, 0.3) is 5.69 Å². The van der Waals surface area contributed by atoms with Gasteiger partial charge in [0.2, 0.25) is 0 Å². The summed E-state index contributed by atoms with van der Waals surface area (Å²) in [5.41, 5.74) is 1.05. The van der Waals surface area contributed by atoms with Crippen molar-refractivity contribution in [1.29, 1.82) is 0 Å². The smallest absolute Gasteiger partial charge is 0.319 e. The molecule has 2 N–H and O–H groups in total. The predicted octanol–water partition coefficient (Wildman–Crippen LogP) is 2.72. The van der Waals surface area contributed by atoms with Crippen LogP contribution in [0.3, 0.4) is 0 Å². The fraction of sp³-hybridized carbons (Fsp3) is 0.231. The number of benzene rings is 1. The topological polar surface area (TPSA) is 97.2 Å². The van der Waals surface area contributed by atoms with Gasteiger partial charge in [-0.25, -0.2) is 9.78 Å². The van der Waals surface area contributed by atoms with E-state index in [9.17, 15) is 14.9 Å². The van der Waals surface area contributed by atoms with Crippen LogP contribution in [-0.2, 0) is 6.42 Å². The van der Waals surface area contributed by atoms with Gasteiger partial charge in [0, 0.05) is 41.9 Å². The summed E-state index contributed by atoms with van der Waals surface area (Å²) in [6.07, 6.45) is 2.39. The molecule has 0 aliphatic carbocycles. The summed E-state index contributed by atoms with van der Waals surface area (Å²) < 4.78 is 0. The van der Waals surface area contributed by atoms with Crippen molar-refractivity contribution in [2.24, 2.45) is 0 Å². The number of aryl methyl sites for hydroxylation is 1. The van der Waals surface area contributed by atoms with Crippen molar-refractivity contribution in [3.63, 3.8) is 0 Å². The molecular weight excluding hydrogens is 292 g/mol. The Labute approximate surface area is 125 Å². The normalized spacial score (nSPS) is 10.1. The minimum atomic E-state index is -0.451. The van der Waals surface area contributed by atoms with Crippen molar-refractivity contribution in [3.8, 4) is 0 Å². The largest absolute Gasteiger partial charge is 0.337 e. The first-order valence-electron chi connectivity index (χ1n) is 6.24. The highest BCUT2D eigenvalue weighted by Crippen LogP contribution is 2.21. The maximum atomic E-state index is 11.7. The molecule has 2 aromatic rings. The number of hydrogen-bond acceptors (Lipinski definition) is 5. The molecule has 110 valence electrons. The van der Waals surface area contributed by atoms with Crippen LogP contribution in [0, 0.1) is 17.0 Å². The van der Waals surface area contributed by atoms with Crippen molar-refractivity contribution >= 4 is 28.7 Å². The quantitative estimate of drug-likeness (QED) is 0.655. The third-order valence-electron chi connectivity index (χ3n) is 2.76. The highest BCUT2D eigenvalue weighted by Gasteiger charge is 2.11. The zero-order chi connectivity index (χ0) is 15.2. The standard InChI is InChI=1S/C13H14N4O3S/c1-9-8-10(2-3-11(9)17(19)20)16-13(18)15-5-4-12-14-6-7-21-12/h2-3,6-8H,4-5H2,1H3,(H2,15,16,18). The van der Waals surface area contributed by atoms with Gasteiger partial charge < -0.3 is 10.6 Å². The van der Waals surface area contributed by atoms with Crippen LogP contribution in [-0.4, -0.2) is 22.5 Å². The summed E-state index contributed by atoms with van der Waals surface area (Å²) >= 11 is 1.54. The van der Waals surface area contributed by atoms with E-state index in [4.69, 9.17) is 0 Å². The van der Waals surface area contributed by atoms with Gasteiger partial charge in [-0.15, -0.1) is 11.3 Å². The number of nitro benzene ring substituents is 1. The van der Waals surface area contributed by atoms with E-state index in [0.29, 0.717) is 24.2 Å². The van der Waals surface area contributed by atoms with E-state index in [1.807, 2.05) is 5.38 Å². The molecule has 0 saturated carbocycles. The molecule has 2 rings (SSSR count). The molecule has 0 atom stereocenters. The third kappa shape index (κ3) is 4.25. The first kappa shape index (κ1) is 14.9. The van der Waals surface area contributed by atoms with E-state index in [0.717, 1.165) is 5.01 Å². The summed E-state index contributed by atoms with van der Waals surface area (Å²) in [6, 6.07) is 4.10. The van der Waals surface area contributed by atoms with Crippen molar-refractivity contribution in [1.82, 2.24) is 10.3 Å². The lowest BCUT2D eigenvalue weighted by Gasteiger charge is -2.07. The van der Waals surface area contributed by atoms with E-state index in [1.54, 1.807) is 19.2 Å². The van der Waals surface area contributed by atoms with Crippen molar-refractivity contribution in [2.45, 2.75) is 13.3 Å². The number of thiazole rings is 1. The van der Waals surface area contributed by atoms with Gasteiger partial charge in [0.1, 0.15) is 0 Å². The van der Waals surface area contributed by atoms with E-state index in [-0.39, 0.29) is 11.7 Å². The van der Waals surface area contributed by atoms with Crippen molar-refractivity contribution in [3.05, 3.63) is 50.5 Å². The molecule has 1 aromatic carbocycles. The van der Waals surface area contributed by atoms with E-state index >= 15 is 0 Å². The van der Waals surface area contributed by atoms with Crippen LogP contribution in [0.15, 0.2) is 29.8 Å². The lowest BCUT2D eigenvalue weighted by molar-refractivity contribution is -0.385. The number of hydrogen-bond donors (Lipinski definition) is 2. The van der Waals surface area contributed by atoms with Gasteiger partial charge in [0.15, 0.2) is 0 Å². The maximum Gasteiger partial charge on any atom is 0.319 e. The predicted molar refractivity (Wildman–Crippen MR) is 80.7 cm³/mol. The van der Waals surface area contributed by atoms with E-state index < -0.39 is 4.92 Å². The second-order valence-corrected chi connectivity index (χ2v) is 5.29. The van der Waals surface area contributed by atoms with E-state index in [1.165, 1.54) is 23.5 Å². The lowest BCUT2D eigenvalue weighted by atomic mass is 10.2. The molecule has 1 aromatic heterocycles. The van der Waals surface area contributed by atoms with Gasteiger partial charge in [-0.2, -0.15) is 0 Å². The average molecular weight is 306 g/mol. The number of anilines is 1. The molecule has 7 nitrogen and oxygen atoms in total. The molecule has 0 bridgehead atoms. The van der Waals surface area contributed by atoms with Crippen LogP contribution < -0.4 is 10.6 Å². The van der Waals surface area contributed by atoms with Crippen molar-refractivity contribution in [2.75, 3.05) is 11.9 Å². The molecule has 0 spiro atoms. The molecular formula is C13H14N4O3S. The highest BCUT2D eigenvalue weighted by molar-refractivity contribution is 7.09. The zero-order valence-electron chi connectivity index (χ0n) is 11.3. The van der Waals surface area contributed by atoms with Gasteiger partial charge >= 0.3 is 6.03 Å². The molecule has 0 aliphatic heterocycles. The van der Waals surface area contributed by atoms with E-state index in [2.05, 4.69) is 15.6 Å². The van der Waals surface area contributed by atoms with Gasteiger partial charge in [-0.05, 0) is 19.1 Å². The highest BCUT2D eigenvalue weighted by atomic mass is 32.1. The molecule has 0 aliphatic rings. The Balaban J connectivity index is 1.85. The molecule has 21 heavy (non-hydrogen) atoms. The number of amides is 2. The second-order valence-electron chi connectivity index (χ2n) is 4.32. The van der Waals surface area contributed by atoms with Crippen LogP contribution in [0.5, 0.6) is 0 Å². The van der Waals surface area contributed by atoms with Crippen molar-refractivity contribution < 1.29 is 9.72 Å². The monoisotopic (exact) mass is 306 g/mol. The number of rotatable bonds is 5. The van der Waals surface area contributed by atoms with Crippen LogP contribution in [0.1, 0.15) is 10.6 Å². The summed E-state index contributed by atoms with van der Waals surface area (Å²) in [5, 5.41) is 18.9. The Bertz CT molecular complexity index is 643. The Morgan fingerprint density at radius 2 is 2.29 bits per heavy atom. The fourth-order valence-corrected chi connectivity index (χ4v) is 2.39. The van der Waals surface area contributed by atoms with Gasteiger partial charge in [0.05, 0.1) is 9.93 Å². The number of nitrogens with zero attached hydrogens (tertiary/aromatic N) is 2. The minimum Gasteiger partial charge on any atom is -0.337 e. The summed E-state index contributed by atoms with van der Waals surface area (Å²) in [7, 11) is 0. The number of carbonyl (C=O) groups excluding carboxylic acids is 1. The third-order valence-corrected chi connectivity index (χ3v) is 3.60. The average Bonchev–Trinajstić information content (AvgIpc) is 2.91. The second kappa shape index (κ2) is 6.80. The molecule has 0 saturated heterocycles.